The second-order valence-corrected chi connectivity index (χ2v) is 5.12. The molecule has 0 aliphatic rings. The van der Waals surface area contributed by atoms with Gasteiger partial charge in [0.15, 0.2) is 0 Å². The van der Waals surface area contributed by atoms with Gasteiger partial charge in [-0.05, 0) is 38.1 Å². The first kappa shape index (κ1) is 32.4. The molecule has 0 bridgehead atoms. The number of methoxy groups -OCH3 is 2. The Kier molecular flexibility index (Phi) is 22.4. The molecular weight excluding hydrogens is 554 g/mol. The van der Waals surface area contributed by atoms with E-state index in [9.17, 15) is 0 Å². The summed E-state index contributed by atoms with van der Waals surface area (Å²) in [4.78, 5) is 0. The molecule has 0 spiro atoms. The first-order valence-corrected chi connectivity index (χ1v) is 8.13. The average Bonchev–Trinajstić information content (AvgIpc) is 2.62. The molecule has 2 aromatic rings. The van der Waals surface area contributed by atoms with Crippen LogP contribution >= 0.6 is 0 Å². The van der Waals surface area contributed by atoms with Gasteiger partial charge in [-0.2, -0.15) is 0 Å². The van der Waals surface area contributed by atoms with E-state index in [1.807, 2.05) is 48.5 Å². The van der Waals surface area contributed by atoms with Crippen LogP contribution in [0.1, 0.15) is 13.8 Å². The van der Waals surface area contributed by atoms with Crippen LogP contribution in [-0.4, -0.2) is 53.9 Å². The molecule has 2 rings (SSSR count). The second kappa shape index (κ2) is 20.0. The molecular formula is C19H28N2O6Ru2. The second-order valence-electron chi connectivity index (χ2n) is 5.12. The zero-order chi connectivity index (χ0) is 20.7. The number of ether oxygens (including phenoxy) is 2. The minimum atomic E-state index is -1.17. The van der Waals surface area contributed by atoms with Gasteiger partial charge < -0.3 is 40.5 Å². The van der Waals surface area contributed by atoms with E-state index in [4.69, 9.17) is 29.9 Å². The predicted molar refractivity (Wildman–Crippen MR) is 105 cm³/mol. The summed E-state index contributed by atoms with van der Waals surface area (Å²) in [7, 11) is 3.29. The van der Waals surface area contributed by atoms with Gasteiger partial charge in [0.05, 0.1) is 14.2 Å². The Bertz CT molecular complexity index is 540. The van der Waals surface area contributed by atoms with Crippen molar-refractivity contribution in [3.05, 3.63) is 59.2 Å². The fourth-order valence-electron chi connectivity index (χ4n) is 1.57. The normalized spacial score (nSPS) is 8.90. The van der Waals surface area contributed by atoms with E-state index in [1.165, 1.54) is 13.8 Å². The van der Waals surface area contributed by atoms with E-state index < -0.39 is 12.6 Å². The van der Waals surface area contributed by atoms with Crippen molar-refractivity contribution in [2.75, 3.05) is 20.9 Å². The van der Waals surface area contributed by atoms with Gasteiger partial charge in [0.1, 0.15) is 24.1 Å². The van der Waals surface area contributed by atoms with Crippen LogP contribution in [0.4, 0.5) is 11.4 Å². The summed E-state index contributed by atoms with van der Waals surface area (Å²) in [5, 5.41) is 39.2. The Morgan fingerprint density at radius 1 is 0.655 bits per heavy atom. The topological polar surface area (TPSA) is 128 Å². The molecule has 2 aromatic carbocycles. The van der Waals surface area contributed by atoms with Gasteiger partial charge in [-0.3, -0.25) is 0 Å². The number of benzene rings is 2. The van der Waals surface area contributed by atoms with Crippen molar-refractivity contribution < 1.29 is 68.9 Å². The van der Waals surface area contributed by atoms with Crippen LogP contribution in [0.15, 0.2) is 48.5 Å². The summed E-state index contributed by atoms with van der Waals surface area (Å²) < 4.78 is 10.2. The summed E-state index contributed by atoms with van der Waals surface area (Å²) in [6, 6.07) is 15.1. The fourth-order valence-corrected chi connectivity index (χ4v) is 1.57. The number of nitrogens with zero attached hydrogens (tertiary/aromatic N) is 2. The zero-order valence-electron chi connectivity index (χ0n) is 16.7. The van der Waals surface area contributed by atoms with Crippen LogP contribution in [0.5, 0.6) is 11.5 Å². The maximum absolute atomic E-state index is 7.61. The van der Waals surface area contributed by atoms with E-state index in [0.717, 1.165) is 22.9 Å². The molecule has 166 valence electrons. The largest absolute Gasteiger partial charge is 1.00 e. The fraction of sp³-hybridized carbons (Fsp3) is 0.368. The minimum Gasteiger partial charge on any atom is -0.699 e. The van der Waals surface area contributed by atoms with Gasteiger partial charge >= 0.3 is 39.0 Å². The van der Waals surface area contributed by atoms with E-state index in [2.05, 4.69) is 10.6 Å². The van der Waals surface area contributed by atoms with Crippen molar-refractivity contribution in [3.8, 4) is 11.5 Å². The third-order valence-electron chi connectivity index (χ3n) is 2.65. The Morgan fingerprint density at radius 3 is 1.10 bits per heavy atom. The maximum Gasteiger partial charge on any atom is 1.00 e. The molecule has 0 saturated heterocycles. The van der Waals surface area contributed by atoms with Crippen molar-refractivity contribution in [2.45, 2.75) is 26.4 Å². The van der Waals surface area contributed by atoms with Crippen LogP contribution in [0.3, 0.4) is 0 Å². The average molecular weight is 583 g/mol. The van der Waals surface area contributed by atoms with Crippen molar-refractivity contribution in [2.24, 2.45) is 0 Å². The van der Waals surface area contributed by atoms with Gasteiger partial charge in [0.2, 0.25) is 0 Å². The molecule has 0 saturated carbocycles. The molecule has 0 aromatic heterocycles. The quantitative estimate of drug-likeness (QED) is 0.307. The molecule has 10 heteroatoms. The van der Waals surface area contributed by atoms with Gasteiger partial charge in [-0.1, -0.05) is 24.3 Å². The van der Waals surface area contributed by atoms with E-state index in [1.54, 1.807) is 14.2 Å². The number of rotatable bonds is 6. The summed E-state index contributed by atoms with van der Waals surface area (Å²) in [5.74, 6) is 1.65. The van der Waals surface area contributed by atoms with E-state index in [-0.39, 0.29) is 39.0 Å². The number of hydrogen-bond donors (Lipinski definition) is 4. The predicted octanol–water partition coefficient (Wildman–Crippen LogP) is 3.00. The number of aliphatic hydroxyl groups excluding tert-OH is 2. The molecule has 29 heavy (non-hydrogen) atoms. The van der Waals surface area contributed by atoms with Crippen LogP contribution in [0, 0.1) is 0 Å². The maximum atomic E-state index is 7.61. The van der Waals surface area contributed by atoms with Crippen molar-refractivity contribution in [1.29, 1.82) is 0 Å². The SMILES string of the molecule is CC(O)O.CC(O)O.COc1ccc([N-]C[N-]c2ccc(OC)cc2)cc1.[Ru+].[Ru+]. The van der Waals surface area contributed by atoms with Gasteiger partial charge in [-0.15, -0.1) is 11.4 Å². The first-order valence-electron chi connectivity index (χ1n) is 8.13. The summed E-state index contributed by atoms with van der Waals surface area (Å²) in [6.07, 6.45) is -2.33. The Morgan fingerprint density at radius 2 is 0.897 bits per heavy atom. The monoisotopic (exact) mass is 584 g/mol. The number of aliphatic hydroxyl groups is 4. The molecule has 0 unspecified atom stereocenters. The number of hydrogen-bond acceptors (Lipinski definition) is 6. The summed E-state index contributed by atoms with van der Waals surface area (Å²) in [6.45, 7) is 2.96. The molecule has 0 heterocycles. The first-order chi connectivity index (χ1) is 12.8. The van der Waals surface area contributed by atoms with Gasteiger partial charge in [0, 0.05) is 0 Å². The standard InChI is InChI=1S/C15H16N2O2.2C2H6O2.2Ru/c1-18-14-7-3-12(4-8-14)16-11-17-13-5-9-15(19-2)10-6-13;2*1-2(3)4;;/h3-10H,11H2,1-2H3;2*2-4H,1H3;;/q-2;;;2*+1. The van der Waals surface area contributed by atoms with Crippen molar-refractivity contribution >= 4 is 11.4 Å². The van der Waals surface area contributed by atoms with Crippen LogP contribution in [0.2, 0.25) is 0 Å². The third kappa shape index (κ3) is 19.8. The minimum absolute atomic E-state index is 0. The van der Waals surface area contributed by atoms with E-state index in [0.29, 0.717) is 6.67 Å². The summed E-state index contributed by atoms with van der Waals surface area (Å²) in [5.41, 5.74) is 1.77. The zero-order valence-corrected chi connectivity index (χ0v) is 20.2. The molecule has 0 aliphatic heterocycles. The molecule has 0 atom stereocenters. The summed E-state index contributed by atoms with van der Waals surface area (Å²) >= 11 is 0. The van der Waals surface area contributed by atoms with Gasteiger partial charge in [0.25, 0.3) is 0 Å². The molecule has 0 fully saturated rings. The van der Waals surface area contributed by atoms with Crippen LogP contribution in [-0.2, 0) is 39.0 Å². The molecule has 8 nitrogen and oxygen atoms in total. The molecule has 0 amide bonds. The van der Waals surface area contributed by atoms with Gasteiger partial charge in [-0.25, -0.2) is 6.67 Å². The van der Waals surface area contributed by atoms with Crippen LogP contribution in [0.25, 0.3) is 10.6 Å². The van der Waals surface area contributed by atoms with Crippen molar-refractivity contribution in [3.63, 3.8) is 0 Å². The Balaban J connectivity index is -0.000000582. The third-order valence-corrected chi connectivity index (χ3v) is 2.65. The Hall–Kier alpha value is -1.27. The molecule has 4 N–H and O–H groups in total. The van der Waals surface area contributed by atoms with E-state index >= 15 is 0 Å². The van der Waals surface area contributed by atoms with Crippen LogP contribution < -0.4 is 9.47 Å². The molecule has 2 radical (unpaired) electrons. The molecule has 0 aliphatic carbocycles. The smallest absolute Gasteiger partial charge is 0.699 e. The Labute approximate surface area is 197 Å². The van der Waals surface area contributed by atoms with Crippen molar-refractivity contribution in [1.82, 2.24) is 0 Å².